The van der Waals surface area contributed by atoms with E-state index in [0.717, 1.165) is 28.8 Å². The van der Waals surface area contributed by atoms with Gasteiger partial charge in [0.25, 0.3) is 0 Å². The van der Waals surface area contributed by atoms with Gasteiger partial charge in [0.1, 0.15) is 6.61 Å². The van der Waals surface area contributed by atoms with Crippen LogP contribution in [0.15, 0.2) is 23.2 Å². The number of nitrogens with zero attached hydrogens (tertiary/aromatic N) is 2. The molecule has 0 radical (unpaired) electrons. The minimum absolute atomic E-state index is 0.195. The fraction of sp³-hybridized carbons (Fsp3) is 0.400. The Balaban J connectivity index is 2.07. The van der Waals surface area contributed by atoms with Gasteiger partial charge in [0, 0.05) is 11.4 Å². The van der Waals surface area contributed by atoms with Crippen molar-refractivity contribution >= 4 is 17.3 Å². The molecule has 0 aliphatic rings. The smallest absolute Gasteiger partial charge is 0.191 e. The van der Waals surface area contributed by atoms with E-state index in [-0.39, 0.29) is 6.61 Å². The highest BCUT2D eigenvalue weighted by Gasteiger charge is 2.07. The summed E-state index contributed by atoms with van der Waals surface area (Å²) in [6.45, 7) is 8.27. The van der Waals surface area contributed by atoms with Gasteiger partial charge in [0.15, 0.2) is 17.5 Å². The minimum Gasteiger partial charge on any atom is -0.493 e. The van der Waals surface area contributed by atoms with Gasteiger partial charge in [-0.15, -0.1) is 17.8 Å². The molecule has 27 heavy (non-hydrogen) atoms. The van der Waals surface area contributed by atoms with Crippen molar-refractivity contribution < 1.29 is 9.47 Å². The lowest BCUT2D eigenvalue weighted by atomic mass is 10.2. The highest BCUT2D eigenvalue weighted by atomic mass is 32.1. The van der Waals surface area contributed by atoms with Crippen molar-refractivity contribution in [3.05, 3.63) is 39.3 Å². The van der Waals surface area contributed by atoms with Gasteiger partial charge >= 0.3 is 0 Å². The van der Waals surface area contributed by atoms with Gasteiger partial charge in [0.2, 0.25) is 0 Å². The number of hydrogen-bond donors (Lipinski definition) is 2. The first-order chi connectivity index (χ1) is 13.1. The molecule has 0 amide bonds. The quantitative estimate of drug-likeness (QED) is 0.415. The van der Waals surface area contributed by atoms with E-state index in [4.69, 9.17) is 15.9 Å². The molecule has 0 aliphatic heterocycles. The normalized spacial score (nSPS) is 11.0. The van der Waals surface area contributed by atoms with Crippen LogP contribution >= 0.6 is 11.3 Å². The molecule has 7 heteroatoms. The molecule has 0 unspecified atom stereocenters. The molecule has 0 spiro atoms. The lowest BCUT2D eigenvalue weighted by Crippen LogP contribution is -2.36. The van der Waals surface area contributed by atoms with Crippen molar-refractivity contribution in [2.45, 2.75) is 33.9 Å². The third-order valence-electron chi connectivity index (χ3n) is 3.72. The molecular formula is C20H26N4O2S. The van der Waals surface area contributed by atoms with Gasteiger partial charge in [-0.1, -0.05) is 12.0 Å². The van der Waals surface area contributed by atoms with Crippen LogP contribution in [0.3, 0.4) is 0 Å². The molecule has 6 nitrogen and oxygen atoms in total. The number of guanidine groups is 1. The first kappa shape index (κ1) is 20.6. The average molecular weight is 387 g/mol. The van der Waals surface area contributed by atoms with Crippen LogP contribution in [-0.4, -0.2) is 31.2 Å². The predicted octanol–water partition coefficient (Wildman–Crippen LogP) is 3.04. The van der Waals surface area contributed by atoms with Gasteiger partial charge in [-0.2, -0.15) is 0 Å². The summed E-state index contributed by atoms with van der Waals surface area (Å²) >= 11 is 1.70. The van der Waals surface area contributed by atoms with Gasteiger partial charge < -0.3 is 20.1 Å². The third kappa shape index (κ3) is 6.19. The van der Waals surface area contributed by atoms with Crippen LogP contribution < -0.4 is 20.1 Å². The Hall–Kier alpha value is -2.72. The highest BCUT2D eigenvalue weighted by molar-refractivity contribution is 7.11. The van der Waals surface area contributed by atoms with E-state index in [2.05, 4.69) is 26.5 Å². The molecule has 0 aliphatic carbocycles. The number of aromatic nitrogens is 1. The maximum atomic E-state index is 5.55. The van der Waals surface area contributed by atoms with E-state index in [1.807, 2.05) is 39.0 Å². The fourth-order valence-corrected chi connectivity index (χ4v) is 3.34. The topological polar surface area (TPSA) is 67.8 Å². The molecule has 2 rings (SSSR count). The van der Waals surface area contributed by atoms with Crippen LogP contribution in [0.25, 0.3) is 0 Å². The number of ether oxygens (including phenoxy) is 2. The van der Waals surface area contributed by atoms with E-state index in [1.54, 1.807) is 18.4 Å². The number of rotatable bonds is 8. The molecular weight excluding hydrogens is 360 g/mol. The van der Waals surface area contributed by atoms with Gasteiger partial charge in [-0.25, -0.2) is 9.98 Å². The molecule has 2 N–H and O–H groups in total. The molecule has 1 heterocycles. The van der Waals surface area contributed by atoms with Crippen LogP contribution in [0.1, 0.15) is 28.1 Å². The van der Waals surface area contributed by atoms with E-state index >= 15 is 0 Å². The Kier molecular flexibility index (Phi) is 7.96. The molecule has 2 aromatic rings. The second-order valence-electron chi connectivity index (χ2n) is 5.77. The molecule has 0 bridgehead atoms. The Morgan fingerprint density at radius 1 is 1.30 bits per heavy atom. The van der Waals surface area contributed by atoms with Crippen LogP contribution in [-0.2, 0) is 13.1 Å². The summed E-state index contributed by atoms with van der Waals surface area (Å²) in [5, 5.41) is 7.69. The first-order valence-electron chi connectivity index (χ1n) is 8.75. The van der Waals surface area contributed by atoms with Crippen molar-refractivity contribution in [2.75, 3.05) is 20.3 Å². The third-order valence-corrected chi connectivity index (χ3v) is 4.79. The monoisotopic (exact) mass is 386 g/mol. The molecule has 0 fully saturated rings. The van der Waals surface area contributed by atoms with Crippen LogP contribution in [0.2, 0.25) is 0 Å². The Morgan fingerprint density at radius 2 is 2.11 bits per heavy atom. The predicted molar refractivity (Wildman–Crippen MR) is 111 cm³/mol. The van der Waals surface area contributed by atoms with Crippen LogP contribution in [0, 0.1) is 26.2 Å². The number of aryl methyl sites for hydroxylation is 2. The van der Waals surface area contributed by atoms with Crippen LogP contribution in [0.4, 0.5) is 0 Å². The second kappa shape index (κ2) is 10.4. The number of aliphatic imine (C=N–C) groups is 1. The average Bonchev–Trinajstić information content (AvgIpc) is 2.99. The van der Waals surface area contributed by atoms with Crippen LogP contribution in [0.5, 0.6) is 11.5 Å². The summed E-state index contributed by atoms with van der Waals surface area (Å²) in [4.78, 5) is 10.3. The summed E-state index contributed by atoms with van der Waals surface area (Å²) < 4.78 is 10.8. The molecule has 1 aromatic carbocycles. The fourth-order valence-electron chi connectivity index (χ4n) is 2.47. The summed E-state index contributed by atoms with van der Waals surface area (Å²) in [6.07, 6.45) is 5.27. The van der Waals surface area contributed by atoms with Crippen molar-refractivity contribution in [1.29, 1.82) is 0 Å². The lowest BCUT2D eigenvalue weighted by Gasteiger charge is -2.12. The van der Waals surface area contributed by atoms with Gasteiger partial charge in [-0.05, 0) is 38.5 Å². The largest absolute Gasteiger partial charge is 0.493 e. The molecule has 144 valence electrons. The number of nitrogens with one attached hydrogen (secondary N) is 2. The van der Waals surface area contributed by atoms with E-state index in [0.29, 0.717) is 24.6 Å². The zero-order valence-electron chi connectivity index (χ0n) is 16.3. The van der Waals surface area contributed by atoms with Gasteiger partial charge in [-0.3, -0.25) is 0 Å². The summed E-state index contributed by atoms with van der Waals surface area (Å²) in [5.74, 6) is 4.49. The number of methoxy groups -OCH3 is 1. The zero-order chi connectivity index (χ0) is 19.6. The molecule has 0 atom stereocenters. The van der Waals surface area contributed by atoms with Gasteiger partial charge in [0.05, 0.1) is 30.9 Å². The van der Waals surface area contributed by atoms with Crippen molar-refractivity contribution in [3.8, 4) is 23.8 Å². The van der Waals surface area contributed by atoms with E-state index in [9.17, 15) is 0 Å². The lowest BCUT2D eigenvalue weighted by molar-refractivity contribution is 0.330. The number of hydrogen-bond acceptors (Lipinski definition) is 5. The minimum atomic E-state index is 0.195. The summed E-state index contributed by atoms with van der Waals surface area (Å²) in [5.41, 5.74) is 2.07. The van der Waals surface area contributed by atoms with Crippen molar-refractivity contribution in [1.82, 2.24) is 15.6 Å². The maximum absolute atomic E-state index is 5.55. The molecule has 0 saturated heterocycles. The zero-order valence-corrected chi connectivity index (χ0v) is 17.1. The molecule has 0 saturated carbocycles. The van der Waals surface area contributed by atoms with Crippen molar-refractivity contribution in [3.63, 3.8) is 0 Å². The summed E-state index contributed by atoms with van der Waals surface area (Å²) in [6, 6.07) is 5.73. The standard InChI is InChI=1S/C20H26N4O2S/c1-6-10-26-18-11-16(8-9-17(18)25-5)12-22-20(21-7-2)23-13-19-14(3)24-15(4)27-19/h1,8-9,11H,7,10,12-13H2,2-5H3,(H2,21,22,23). The number of benzene rings is 1. The molecule has 1 aromatic heterocycles. The van der Waals surface area contributed by atoms with Crippen molar-refractivity contribution in [2.24, 2.45) is 4.99 Å². The Morgan fingerprint density at radius 3 is 2.74 bits per heavy atom. The maximum Gasteiger partial charge on any atom is 0.191 e. The Bertz CT molecular complexity index is 824. The summed E-state index contributed by atoms with van der Waals surface area (Å²) in [7, 11) is 1.60. The number of terminal acetylenes is 1. The number of thiazole rings is 1. The first-order valence-corrected chi connectivity index (χ1v) is 9.57. The second-order valence-corrected chi connectivity index (χ2v) is 7.06. The van der Waals surface area contributed by atoms with E-state index in [1.165, 1.54) is 4.88 Å². The highest BCUT2D eigenvalue weighted by Crippen LogP contribution is 2.28. The Labute approximate surface area is 165 Å². The van der Waals surface area contributed by atoms with E-state index < -0.39 is 0 Å². The SMILES string of the molecule is C#CCOc1cc(CN=C(NCC)NCc2sc(C)nc2C)ccc1OC.